The number of hydrogen-bond donors (Lipinski definition) is 1. The van der Waals surface area contributed by atoms with Crippen LogP contribution in [-0.4, -0.2) is 23.4 Å². The number of benzene rings is 1. The van der Waals surface area contributed by atoms with Gasteiger partial charge in [0, 0.05) is 0 Å². The number of halogens is 8. The molecule has 0 atom stereocenters. The molecule has 0 aromatic heterocycles. The van der Waals surface area contributed by atoms with Crippen molar-refractivity contribution in [2.75, 3.05) is 0 Å². The summed E-state index contributed by atoms with van der Waals surface area (Å²) < 4.78 is 73.9. The van der Waals surface area contributed by atoms with E-state index in [1.807, 2.05) is 0 Å². The van der Waals surface area contributed by atoms with Crippen LogP contribution in [0, 0.1) is 0 Å². The molecule has 0 heterocycles. The van der Waals surface area contributed by atoms with Crippen LogP contribution in [0.2, 0.25) is 0 Å². The summed E-state index contributed by atoms with van der Waals surface area (Å²) in [5, 5.41) is 8.49. The molecule has 1 aromatic rings. The fourth-order valence-corrected chi connectivity index (χ4v) is 1.38. The Kier molecular flexibility index (Phi) is 7.44. The van der Waals surface area contributed by atoms with Crippen LogP contribution in [0.25, 0.3) is 0 Å². The molecule has 0 unspecified atom stereocenters. The third kappa shape index (κ3) is 5.09. The van der Waals surface area contributed by atoms with Crippen LogP contribution in [0.1, 0.15) is 21.8 Å². The van der Waals surface area contributed by atoms with Crippen LogP contribution in [-0.2, 0) is 0 Å². The maximum atomic E-state index is 12.3. The molecule has 0 bridgehead atoms. The Morgan fingerprint density at radius 2 is 1.25 bits per heavy atom. The molecule has 0 saturated carbocycles. The Morgan fingerprint density at radius 3 is 1.50 bits per heavy atom. The maximum Gasteiger partial charge on any atom is 0.404 e. The summed E-state index contributed by atoms with van der Waals surface area (Å²) in [4.78, 5) is 10.4. The normalized spacial score (nSPS) is 11.6. The number of carboxylic acids is 1. The van der Waals surface area contributed by atoms with Crippen LogP contribution in [0.3, 0.4) is 0 Å². The molecule has 0 fully saturated rings. The highest BCUT2D eigenvalue weighted by molar-refractivity contribution is 5.87. The first-order valence-corrected chi connectivity index (χ1v) is 4.50. The summed E-state index contributed by atoms with van der Waals surface area (Å²) in [7, 11) is 0. The van der Waals surface area contributed by atoms with Crippen molar-refractivity contribution in [2.45, 2.75) is 18.3 Å². The van der Waals surface area contributed by atoms with Gasteiger partial charge in [0.05, 0.1) is 5.56 Å². The van der Waals surface area contributed by atoms with Gasteiger partial charge in [0.2, 0.25) is 0 Å². The highest BCUT2D eigenvalue weighted by Crippen LogP contribution is 2.46. The van der Waals surface area contributed by atoms with Gasteiger partial charge in [0.15, 0.2) is 5.92 Å². The number of rotatable bonds is 2. The molecule has 0 radical (unpaired) electrons. The standard InChI is InChI=1S/C10H6F6O2.2ClH/c11-9(12,13)7(10(14,15)16)5-1-3-6(4-2-5)8(17)18;;/h1-4,7H,(H,17,18);2*1H. The zero-order valence-corrected chi connectivity index (χ0v) is 11.0. The molecule has 0 saturated heterocycles. The summed E-state index contributed by atoms with van der Waals surface area (Å²) in [6.07, 6.45) is -11.0. The van der Waals surface area contributed by atoms with Crippen LogP contribution in [0.4, 0.5) is 26.3 Å². The SMILES string of the molecule is Cl.Cl.O=C(O)c1ccc(C(C(F)(F)F)C(F)(F)F)cc1. The maximum absolute atomic E-state index is 12.3. The Bertz CT molecular complexity index is 427. The molecule has 0 aliphatic heterocycles. The van der Waals surface area contributed by atoms with Crippen LogP contribution < -0.4 is 0 Å². The van der Waals surface area contributed by atoms with E-state index < -0.39 is 29.8 Å². The van der Waals surface area contributed by atoms with Crippen molar-refractivity contribution in [2.24, 2.45) is 0 Å². The van der Waals surface area contributed by atoms with Gasteiger partial charge in [-0.2, -0.15) is 26.3 Å². The van der Waals surface area contributed by atoms with Crippen LogP contribution in [0.5, 0.6) is 0 Å². The second-order valence-electron chi connectivity index (χ2n) is 3.44. The van der Waals surface area contributed by atoms with Crippen molar-refractivity contribution < 1.29 is 36.2 Å². The minimum atomic E-state index is -5.48. The lowest BCUT2D eigenvalue weighted by Gasteiger charge is -2.23. The number of alkyl halides is 6. The summed E-state index contributed by atoms with van der Waals surface area (Å²) >= 11 is 0. The van der Waals surface area contributed by atoms with Crippen molar-refractivity contribution in [1.29, 1.82) is 0 Å². The molecular formula is C10H8Cl2F6O2. The molecule has 20 heavy (non-hydrogen) atoms. The van der Waals surface area contributed by atoms with Gasteiger partial charge in [-0.15, -0.1) is 24.8 Å². The van der Waals surface area contributed by atoms with Crippen molar-refractivity contribution in [1.82, 2.24) is 0 Å². The molecule has 0 aliphatic carbocycles. The lowest BCUT2D eigenvalue weighted by Crippen LogP contribution is -2.34. The van der Waals surface area contributed by atoms with E-state index in [0.29, 0.717) is 24.3 Å². The Labute approximate surface area is 121 Å². The molecule has 2 nitrogen and oxygen atoms in total. The van der Waals surface area contributed by atoms with Gasteiger partial charge in [-0.05, 0) is 17.7 Å². The van der Waals surface area contributed by atoms with Crippen molar-refractivity contribution in [3.63, 3.8) is 0 Å². The van der Waals surface area contributed by atoms with Crippen molar-refractivity contribution >= 4 is 30.8 Å². The number of hydrogen-bond acceptors (Lipinski definition) is 1. The Hall–Kier alpha value is -1.15. The predicted molar refractivity (Wildman–Crippen MR) is 62.7 cm³/mol. The third-order valence-corrected chi connectivity index (χ3v) is 2.15. The Balaban J connectivity index is 0. The van der Waals surface area contributed by atoms with E-state index in [1.54, 1.807) is 0 Å². The van der Waals surface area contributed by atoms with Gasteiger partial charge in [-0.1, -0.05) is 12.1 Å². The molecule has 1 rings (SSSR count). The van der Waals surface area contributed by atoms with Crippen LogP contribution in [0.15, 0.2) is 24.3 Å². The number of aromatic carboxylic acids is 1. The quantitative estimate of drug-likeness (QED) is 0.805. The second-order valence-corrected chi connectivity index (χ2v) is 3.44. The van der Waals surface area contributed by atoms with Gasteiger partial charge in [0.1, 0.15) is 0 Å². The Morgan fingerprint density at radius 1 is 0.900 bits per heavy atom. The van der Waals surface area contributed by atoms with Gasteiger partial charge < -0.3 is 5.11 Å². The smallest absolute Gasteiger partial charge is 0.404 e. The largest absolute Gasteiger partial charge is 0.478 e. The van der Waals surface area contributed by atoms with Crippen molar-refractivity contribution in [3.8, 4) is 0 Å². The highest BCUT2D eigenvalue weighted by atomic mass is 35.5. The third-order valence-electron chi connectivity index (χ3n) is 2.15. The van der Waals surface area contributed by atoms with E-state index >= 15 is 0 Å². The zero-order valence-electron chi connectivity index (χ0n) is 9.33. The monoisotopic (exact) mass is 344 g/mol. The summed E-state index contributed by atoms with van der Waals surface area (Å²) in [6, 6.07) is 2.41. The van der Waals surface area contributed by atoms with Gasteiger partial charge in [0.25, 0.3) is 0 Å². The molecule has 0 aliphatic rings. The minimum Gasteiger partial charge on any atom is -0.478 e. The summed E-state index contributed by atoms with van der Waals surface area (Å²) in [5.41, 5.74) is -1.43. The van der Waals surface area contributed by atoms with Gasteiger partial charge in [-0.3, -0.25) is 0 Å². The van der Waals surface area contributed by atoms with E-state index in [4.69, 9.17) is 5.11 Å². The molecular weight excluding hydrogens is 337 g/mol. The van der Waals surface area contributed by atoms with Crippen LogP contribution >= 0.6 is 24.8 Å². The first-order chi connectivity index (χ1) is 8.03. The lowest BCUT2D eigenvalue weighted by atomic mass is 9.97. The van der Waals surface area contributed by atoms with E-state index in [1.165, 1.54) is 0 Å². The van der Waals surface area contributed by atoms with E-state index in [-0.39, 0.29) is 30.4 Å². The fourth-order valence-electron chi connectivity index (χ4n) is 1.38. The van der Waals surface area contributed by atoms with Gasteiger partial charge in [-0.25, -0.2) is 4.79 Å². The lowest BCUT2D eigenvalue weighted by molar-refractivity contribution is -0.253. The summed E-state index contributed by atoms with van der Waals surface area (Å²) in [5.74, 6) is -5.05. The average molecular weight is 345 g/mol. The highest BCUT2D eigenvalue weighted by Gasteiger charge is 2.57. The molecule has 1 N–H and O–H groups in total. The number of carbonyl (C=O) groups is 1. The molecule has 116 valence electrons. The van der Waals surface area contributed by atoms with E-state index in [0.717, 1.165) is 0 Å². The van der Waals surface area contributed by atoms with Gasteiger partial charge >= 0.3 is 18.3 Å². The average Bonchev–Trinajstić information content (AvgIpc) is 2.13. The first-order valence-electron chi connectivity index (χ1n) is 4.50. The summed E-state index contributed by atoms with van der Waals surface area (Å²) in [6.45, 7) is 0. The van der Waals surface area contributed by atoms with E-state index in [9.17, 15) is 31.1 Å². The molecule has 0 amide bonds. The number of carboxylic acid groups (broad SMARTS) is 1. The topological polar surface area (TPSA) is 37.3 Å². The van der Waals surface area contributed by atoms with E-state index in [2.05, 4.69) is 0 Å². The molecule has 10 heteroatoms. The molecule has 0 spiro atoms. The second kappa shape index (κ2) is 7.03. The predicted octanol–water partition coefficient (Wildman–Crippen LogP) is 4.44. The minimum absolute atomic E-state index is 0. The first kappa shape index (κ1) is 21.2. The zero-order chi connectivity index (χ0) is 14.1. The molecule has 1 aromatic carbocycles. The fraction of sp³-hybridized carbons (Fsp3) is 0.300. The van der Waals surface area contributed by atoms with Crippen molar-refractivity contribution in [3.05, 3.63) is 35.4 Å².